The van der Waals surface area contributed by atoms with Gasteiger partial charge in [0.2, 0.25) is 0 Å². The van der Waals surface area contributed by atoms with Gasteiger partial charge in [0.1, 0.15) is 5.69 Å². The first-order valence-electron chi connectivity index (χ1n) is 8.02. The zero-order valence-corrected chi connectivity index (χ0v) is 15.3. The predicted molar refractivity (Wildman–Crippen MR) is 101 cm³/mol. The molecule has 0 fully saturated rings. The molecule has 0 unspecified atom stereocenters. The van der Waals surface area contributed by atoms with E-state index in [2.05, 4.69) is 22.5 Å². The lowest BCUT2D eigenvalue weighted by molar-refractivity contribution is 0.0948. The Morgan fingerprint density at radius 2 is 1.84 bits per heavy atom. The zero-order chi connectivity index (χ0) is 18.2. The van der Waals surface area contributed by atoms with Crippen LogP contribution in [-0.4, -0.2) is 23.3 Å². The van der Waals surface area contributed by atoms with Crippen molar-refractivity contribution in [3.63, 3.8) is 0 Å². The lowest BCUT2D eigenvalue weighted by atomic mass is 10.2. The molecule has 0 bridgehead atoms. The molecule has 0 aliphatic carbocycles. The molecule has 0 radical (unpaired) electrons. The monoisotopic (exact) mass is 379 g/mol. The van der Waals surface area contributed by atoms with E-state index in [1.165, 1.54) is 12.3 Å². The Kier molecular flexibility index (Phi) is 7.22. The third-order valence-electron chi connectivity index (χ3n) is 3.50. The van der Waals surface area contributed by atoms with Crippen LogP contribution in [-0.2, 0) is 0 Å². The Morgan fingerprint density at radius 1 is 1.04 bits per heavy atom. The summed E-state index contributed by atoms with van der Waals surface area (Å²) < 4.78 is 0. The number of hydrogen-bond donors (Lipinski definition) is 2. The molecule has 2 rings (SSSR count). The average molecular weight is 380 g/mol. The highest BCUT2D eigenvalue weighted by Gasteiger charge is 2.12. The second-order valence-corrected chi connectivity index (χ2v) is 6.29. The van der Waals surface area contributed by atoms with Crippen LogP contribution in [0.2, 0.25) is 10.0 Å². The SMILES string of the molecule is CCCCCNC(=O)c1cc(C(=O)Nc2ccc(Cl)c(Cl)c2)ccn1. The zero-order valence-electron chi connectivity index (χ0n) is 13.8. The molecule has 0 spiro atoms. The van der Waals surface area contributed by atoms with Gasteiger partial charge >= 0.3 is 0 Å². The van der Waals surface area contributed by atoms with Gasteiger partial charge in [-0.15, -0.1) is 0 Å². The van der Waals surface area contributed by atoms with Gasteiger partial charge in [0, 0.05) is 24.0 Å². The molecular formula is C18H19Cl2N3O2. The van der Waals surface area contributed by atoms with Crippen LogP contribution < -0.4 is 10.6 Å². The summed E-state index contributed by atoms with van der Waals surface area (Å²) in [6.07, 6.45) is 4.49. The fraction of sp³-hybridized carbons (Fsp3) is 0.278. The molecule has 0 atom stereocenters. The minimum absolute atomic E-state index is 0.207. The molecule has 2 N–H and O–H groups in total. The number of unbranched alkanes of at least 4 members (excludes halogenated alkanes) is 2. The van der Waals surface area contributed by atoms with Crippen LogP contribution in [0.3, 0.4) is 0 Å². The maximum atomic E-state index is 12.3. The summed E-state index contributed by atoms with van der Waals surface area (Å²) in [5, 5.41) is 6.27. The number of nitrogens with one attached hydrogen (secondary N) is 2. The minimum atomic E-state index is -0.360. The van der Waals surface area contributed by atoms with Crippen LogP contribution in [0.4, 0.5) is 5.69 Å². The van der Waals surface area contributed by atoms with E-state index in [1.54, 1.807) is 24.3 Å². The number of anilines is 1. The molecule has 0 saturated heterocycles. The lowest BCUT2D eigenvalue weighted by Gasteiger charge is -2.08. The largest absolute Gasteiger partial charge is 0.351 e. The molecule has 25 heavy (non-hydrogen) atoms. The highest BCUT2D eigenvalue weighted by atomic mass is 35.5. The van der Waals surface area contributed by atoms with Crippen LogP contribution in [0.15, 0.2) is 36.5 Å². The van der Waals surface area contributed by atoms with Crippen LogP contribution in [0, 0.1) is 0 Å². The average Bonchev–Trinajstić information content (AvgIpc) is 2.62. The van der Waals surface area contributed by atoms with E-state index in [4.69, 9.17) is 23.2 Å². The van der Waals surface area contributed by atoms with Gasteiger partial charge in [0.25, 0.3) is 11.8 Å². The maximum Gasteiger partial charge on any atom is 0.269 e. The van der Waals surface area contributed by atoms with E-state index >= 15 is 0 Å². The number of pyridine rings is 1. The number of hydrogen-bond acceptors (Lipinski definition) is 3. The second kappa shape index (κ2) is 9.39. The van der Waals surface area contributed by atoms with Crippen molar-refractivity contribution in [3.8, 4) is 0 Å². The van der Waals surface area contributed by atoms with Crippen LogP contribution in [0.5, 0.6) is 0 Å². The van der Waals surface area contributed by atoms with E-state index in [0.29, 0.717) is 27.8 Å². The Hall–Kier alpha value is -2.11. The molecule has 1 heterocycles. The van der Waals surface area contributed by atoms with Crippen LogP contribution in [0.1, 0.15) is 47.0 Å². The van der Waals surface area contributed by atoms with Crippen molar-refractivity contribution in [1.82, 2.24) is 10.3 Å². The number of rotatable bonds is 7. The molecule has 0 aliphatic heterocycles. The van der Waals surface area contributed by atoms with Gasteiger partial charge in [-0.3, -0.25) is 14.6 Å². The Balaban J connectivity index is 2.03. The molecule has 0 saturated carbocycles. The normalized spacial score (nSPS) is 10.4. The first kappa shape index (κ1) is 19.2. The van der Waals surface area contributed by atoms with Gasteiger partial charge in [-0.1, -0.05) is 43.0 Å². The van der Waals surface area contributed by atoms with Gasteiger partial charge in [0.05, 0.1) is 10.0 Å². The predicted octanol–water partition coefficient (Wildman–Crippen LogP) is 4.56. The number of carbonyl (C=O) groups excluding carboxylic acids is 2. The first-order valence-corrected chi connectivity index (χ1v) is 8.77. The number of carbonyl (C=O) groups is 2. The van der Waals surface area contributed by atoms with Crippen molar-refractivity contribution < 1.29 is 9.59 Å². The Labute approximate surface area is 156 Å². The van der Waals surface area contributed by atoms with Crippen molar-refractivity contribution in [2.75, 3.05) is 11.9 Å². The van der Waals surface area contributed by atoms with E-state index in [-0.39, 0.29) is 17.5 Å². The summed E-state index contributed by atoms with van der Waals surface area (Å²) in [5.74, 6) is -0.652. The van der Waals surface area contributed by atoms with Gasteiger partial charge in [-0.05, 0) is 36.8 Å². The highest BCUT2D eigenvalue weighted by molar-refractivity contribution is 6.42. The molecule has 2 aromatic rings. The van der Waals surface area contributed by atoms with E-state index in [0.717, 1.165) is 19.3 Å². The summed E-state index contributed by atoms with van der Waals surface area (Å²) in [5.41, 5.74) is 1.06. The summed E-state index contributed by atoms with van der Waals surface area (Å²) in [6.45, 7) is 2.69. The summed E-state index contributed by atoms with van der Waals surface area (Å²) >= 11 is 11.8. The fourth-order valence-corrected chi connectivity index (χ4v) is 2.44. The lowest BCUT2D eigenvalue weighted by Crippen LogP contribution is -2.25. The van der Waals surface area contributed by atoms with Crippen molar-refractivity contribution in [3.05, 3.63) is 57.8 Å². The van der Waals surface area contributed by atoms with Gasteiger partial charge in [-0.2, -0.15) is 0 Å². The van der Waals surface area contributed by atoms with Gasteiger partial charge < -0.3 is 10.6 Å². The molecule has 0 aliphatic rings. The number of aromatic nitrogens is 1. The number of halogens is 2. The smallest absolute Gasteiger partial charge is 0.269 e. The quantitative estimate of drug-likeness (QED) is 0.692. The van der Waals surface area contributed by atoms with Crippen LogP contribution in [0.25, 0.3) is 0 Å². The first-order chi connectivity index (χ1) is 12.0. The molecule has 132 valence electrons. The molecule has 1 aromatic carbocycles. The molecule has 5 nitrogen and oxygen atoms in total. The van der Waals surface area contributed by atoms with Gasteiger partial charge in [-0.25, -0.2) is 0 Å². The van der Waals surface area contributed by atoms with Crippen molar-refractivity contribution in [1.29, 1.82) is 0 Å². The maximum absolute atomic E-state index is 12.3. The number of amides is 2. The van der Waals surface area contributed by atoms with Crippen molar-refractivity contribution >= 4 is 40.7 Å². The molecule has 7 heteroatoms. The van der Waals surface area contributed by atoms with Gasteiger partial charge in [0.15, 0.2) is 0 Å². The molecule has 2 amide bonds. The topological polar surface area (TPSA) is 71.1 Å². The number of benzene rings is 1. The van der Waals surface area contributed by atoms with E-state index in [9.17, 15) is 9.59 Å². The minimum Gasteiger partial charge on any atom is -0.351 e. The Morgan fingerprint density at radius 3 is 2.56 bits per heavy atom. The molecular weight excluding hydrogens is 361 g/mol. The summed E-state index contributed by atoms with van der Waals surface area (Å²) in [6, 6.07) is 7.81. The second-order valence-electron chi connectivity index (χ2n) is 5.48. The molecule has 1 aromatic heterocycles. The Bertz CT molecular complexity index is 766. The van der Waals surface area contributed by atoms with Crippen LogP contribution >= 0.6 is 23.2 Å². The van der Waals surface area contributed by atoms with E-state index < -0.39 is 0 Å². The van der Waals surface area contributed by atoms with Crippen molar-refractivity contribution in [2.24, 2.45) is 0 Å². The third kappa shape index (κ3) is 5.73. The fourth-order valence-electron chi connectivity index (χ4n) is 2.14. The number of nitrogens with zero attached hydrogens (tertiary/aromatic N) is 1. The standard InChI is InChI=1S/C18H19Cl2N3O2/c1-2-3-4-8-22-18(25)16-10-12(7-9-21-16)17(24)23-13-5-6-14(19)15(20)11-13/h5-7,9-11H,2-4,8H2,1H3,(H,22,25)(H,23,24). The highest BCUT2D eigenvalue weighted by Crippen LogP contribution is 2.25. The third-order valence-corrected chi connectivity index (χ3v) is 4.24. The van der Waals surface area contributed by atoms with Crippen molar-refractivity contribution in [2.45, 2.75) is 26.2 Å². The summed E-state index contributed by atoms with van der Waals surface area (Å²) in [7, 11) is 0. The summed E-state index contributed by atoms with van der Waals surface area (Å²) in [4.78, 5) is 28.4. The van der Waals surface area contributed by atoms with E-state index in [1.807, 2.05) is 0 Å².